The molecule has 0 aromatic carbocycles. The summed E-state index contributed by atoms with van der Waals surface area (Å²) in [5.74, 6) is -3.90. The number of carboxylic acids is 2. The summed E-state index contributed by atoms with van der Waals surface area (Å²) in [5.41, 5.74) is 10.9. The van der Waals surface area contributed by atoms with Crippen LogP contribution in [0.5, 0.6) is 0 Å². The zero-order valence-electron chi connectivity index (χ0n) is 20.5. The quantitative estimate of drug-likeness (QED) is 0.0516. The fourth-order valence-electron chi connectivity index (χ4n) is 3.67. The number of aryl methyl sites for hydroxylation is 1. The lowest BCUT2D eigenvalue weighted by molar-refractivity contribution is -0.150. The minimum absolute atomic E-state index is 0.0219. The van der Waals surface area contributed by atoms with Crippen LogP contribution in [0.3, 0.4) is 0 Å². The summed E-state index contributed by atoms with van der Waals surface area (Å²) in [6.45, 7) is 0.278. The number of hydrogen-bond donors (Lipinski definition) is 5. The van der Waals surface area contributed by atoms with E-state index in [0.29, 0.717) is 23.8 Å². The van der Waals surface area contributed by atoms with E-state index in [4.69, 9.17) is 16.6 Å². The van der Waals surface area contributed by atoms with Gasteiger partial charge in [-0.15, -0.1) is 16.9 Å². The maximum atomic E-state index is 13.0. The van der Waals surface area contributed by atoms with Crippen molar-refractivity contribution in [2.24, 2.45) is 10.9 Å². The Hall–Kier alpha value is -3.82. The van der Waals surface area contributed by atoms with Gasteiger partial charge in [0.05, 0.1) is 0 Å². The van der Waals surface area contributed by atoms with Crippen LogP contribution in [0.1, 0.15) is 18.7 Å². The lowest BCUT2D eigenvalue weighted by Gasteiger charge is -2.49. The van der Waals surface area contributed by atoms with Gasteiger partial charge in [-0.2, -0.15) is 9.36 Å². The largest absolute Gasteiger partial charge is 0.479 e. The number of carboxylic acid groups (broad SMARTS) is 2. The number of aliphatic carboxylic acids is 2. The highest BCUT2D eigenvalue weighted by molar-refractivity contribution is 8.01. The first-order chi connectivity index (χ1) is 19.2. The van der Waals surface area contributed by atoms with Gasteiger partial charge < -0.3 is 31.8 Å². The Morgan fingerprint density at radius 2 is 2.08 bits per heavy atom. The van der Waals surface area contributed by atoms with Gasteiger partial charge in [-0.25, -0.2) is 14.3 Å². The number of carbonyl (C=O) groups excluding carboxylic acids is 2. The van der Waals surface area contributed by atoms with E-state index in [0.717, 1.165) is 29.3 Å². The molecule has 0 aliphatic carbocycles. The second-order valence-electron chi connectivity index (χ2n) is 8.15. The first kappa shape index (κ1) is 29.2. The van der Waals surface area contributed by atoms with Crippen LogP contribution in [-0.4, -0.2) is 110 Å². The molecule has 4 heterocycles. The van der Waals surface area contributed by atoms with Crippen LogP contribution < -0.4 is 16.8 Å². The topological polar surface area (TPSA) is 267 Å². The molecule has 0 saturated carbocycles. The Labute approximate surface area is 237 Å². The van der Waals surface area contributed by atoms with Crippen molar-refractivity contribution in [1.29, 1.82) is 0 Å². The van der Waals surface area contributed by atoms with E-state index in [1.165, 1.54) is 23.5 Å². The molecule has 0 bridgehead atoms. The third-order valence-corrected chi connectivity index (χ3v) is 8.37. The van der Waals surface area contributed by atoms with Crippen LogP contribution >= 0.6 is 35.1 Å². The molecule has 21 heteroatoms. The summed E-state index contributed by atoms with van der Waals surface area (Å²) in [6.07, 6.45) is 1.59. The number of anilines is 1. The van der Waals surface area contributed by atoms with Gasteiger partial charge in [-0.1, -0.05) is 16.9 Å². The number of oxime groups is 1. The maximum Gasteiger partial charge on any atom is 0.352 e. The van der Waals surface area contributed by atoms with Crippen molar-refractivity contribution in [3.8, 4) is 0 Å². The monoisotopic (exact) mass is 613 g/mol. The smallest absolute Gasteiger partial charge is 0.352 e. The summed E-state index contributed by atoms with van der Waals surface area (Å²) in [4.78, 5) is 58.6. The van der Waals surface area contributed by atoms with Crippen LogP contribution in [0.2, 0.25) is 0 Å². The van der Waals surface area contributed by atoms with E-state index < -0.39 is 47.5 Å². The van der Waals surface area contributed by atoms with Crippen molar-refractivity contribution in [1.82, 2.24) is 39.8 Å². The summed E-state index contributed by atoms with van der Waals surface area (Å²) < 4.78 is 5.49. The van der Waals surface area contributed by atoms with Crippen LogP contribution in [0.25, 0.3) is 0 Å². The van der Waals surface area contributed by atoms with E-state index in [9.17, 15) is 24.3 Å². The van der Waals surface area contributed by atoms with Crippen molar-refractivity contribution in [3.63, 3.8) is 0 Å². The van der Waals surface area contributed by atoms with E-state index in [2.05, 4.69) is 40.2 Å². The Bertz CT molecular complexity index is 1360. The lowest BCUT2D eigenvalue weighted by Crippen LogP contribution is -2.71. The van der Waals surface area contributed by atoms with Gasteiger partial charge in [0.2, 0.25) is 23.3 Å². The van der Waals surface area contributed by atoms with E-state index in [-0.39, 0.29) is 28.2 Å². The van der Waals surface area contributed by atoms with Crippen molar-refractivity contribution in [2.75, 3.05) is 30.4 Å². The molecule has 2 aliphatic heterocycles. The molecular formula is C19H23N11O7S3. The zero-order chi connectivity index (χ0) is 28.8. The number of nitrogens with one attached hydrogen (secondary N) is 1. The fourth-order valence-corrected chi connectivity index (χ4v) is 6.49. The third-order valence-electron chi connectivity index (χ3n) is 5.45. The van der Waals surface area contributed by atoms with E-state index >= 15 is 0 Å². The molecule has 2 aliphatic rings. The van der Waals surface area contributed by atoms with Gasteiger partial charge in [0, 0.05) is 29.6 Å². The molecule has 214 valence electrons. The number of fused-ring (bicyclic) bond motifs is 1. The van der Waals surface area contributed by atoms with E-state index in [1.807, 2.05) is 0 Å². The Balaban J connectivity index is 1.45. The zero-order valence-corrected chi connectivity index (χ0v) is 22.9. The highest BCUT2D eigenvalue weighted by Gasteiger charge is 2.54. The minimum atomic E-state index is -1.33. The van der Waals surface area contributed by atoms with Gasteiger partial charge in [-0.05, 0) is 35.4 Å². The molecule has 4 rings (SSSR count). The molecule has 40 heavy (non-hydrogen) atoms. The highest BCUT2D eigenvalue weighted by atomic mass is 32.2. The number of rotatable bonds is 14. The second-order valence-corrected chi connectivity index (χ2v) is 11.0. The second kappa shape index (κ2) is 13.0. The van der Waals surface area contributed by atoms with Gasteiger partial charge in [0.1, 0.15) is 17.1 Å². The van der Waals surface area contributed by atoms with Crippen molar-refractivity contribution in [2.45, 2.75) is 36.0 Å². The number of hydrogen-bond acceptors (Lipinski definition) is 16. The fraction of sp³-hybridized carbons (Fsp3) is 0.474. The molecule has 1 fully saturated rings. The molecule has 18 nitrogen and oxygen atoms in total. The lowest BCUT2D eigenvalue weighted by atomic mass is 10.0. The maximum absolute atomic E-state index is 13.0. The highest BCUT2D eigenvalue weighted by Crippen LogP contribution is 2.41. The summed E-state index contributed by atoms with van der Waals surface area (Å²) in [6, 6.07) is -1.09. The molecule has 2 amide bonds. The van der Waals surface area contributed by atoms with Crippen LogP contribution in [-0.2, 0) is 30.6 Å². The van der Waals surface area contributed by atoms with Crippen molar-refractivity contribution >= 4 is 69.7 Å². The van der Waals surface area contributed by atoms with E-state index in [1.54, 1.807) is 4.68 Å². The molecule has 2 atom stereocenters. The van der Waals surface area contributed by atoms with Crippen LogP contribution in [0.15, 0.2) is 21.6 Å². The Morgan fingerprint density at radius 1 is 1.27 bits per heavy atom. The first-order valence-corrected chi connectivity index (χ1v) is 14.3. The average Bonchev–Trinajstić information content (AvgIpc) is 3.56. The summed E-state index contributed by atoms with van der Waals surface area (Å²) >= 11 is 3.30. The number of aromatic nitrogens is 6. The Kier molecular flexibility index (Phi) is 9.50. The van der Waals surface area contributed by atoms with Crippen molar-refractivity contribution < 1.29 is 34.2 Å². The number of nitrogen functional groups attached to an aromatic ring is 1. The number of amides is 2. The SMILES string of the molecule is NCCCCn1nnnc1SCC1=C(C(=O)O)N2C(=O)C(NC(=O)/C(=N\OCC(=O)O)c3nsc(N)n3)[C@H]2SC1. The van der Waals surface area contributed by atoms with Crippen LogP contribution in [0.4, 0.5) is 5.13 Å². The first-order valence-electron chi connectivity index (χ1n) is 11.5. The molecule has 0 radical (unpaired) electrons. The predicted molar refractivity (Wildman–Crippen MR) is 141 cm³/mol. The van der Waals surface area contributed by atoms with Crippen molar-refractivity contribution in [3.05, 3.63) is 17.1 Å². The summed E-state index contributed by atoms with van der Waals surface area (Å²) in [7, 11) is 0. The number of nitrogens with two attached hydrogens (primary N) is 2. The average molecular weight is 614 g/mol. The number of carbonyl (C=O) groups is 4. The number of thioether (sulfide) groups is 2. The standard InChI is InChI=1S/C19H23N11O7S3/c20-3-1-2-4-29-19(24-27-28-29)39-7-8-6-38-16-11(15(34)30(16)12(8)17(35)36)22-14(33)10(25-37-5-9(31)32)13-23-18(21)40-26-13/h11,16H,1-7,20H2,(H,22,33)(H,31,32)(H,35,36)(H2,21,23,26)/b25-10-/t11?,16-/m1/s1. The molecule has 0 spiro atoms. The minimum Gasteiger partial charge on any atom is -0.479 e. The summed E-state index contributed by atoms with van der Waals surface area (Å²) in [5, 5.41) is 36.1. The van der Waals surface area contributed by atoms with Gasteiger partial charge in [0.15, 0.2) is 5.13 Å². The predicted octanol–water partition coefficient (Wildman–Crippen LogP) is -1.82. The molecule has 1 unspecified atom stereocenters. The number of nitrogens with zero attached hydrogens (tertiary/aromatic N) is 8. The van der Waals surface area contributed by atoms with Gasteiger partial charge in [-0.3, -0.25) is 14.5 Å². The number of unbranched alkanes of at least 4 members (excludes halogenated alkanes) is 1. The Morgan fingerprint density at radius 3 is 2.75 bits per heavy atom. The molecule has 2 aromatic heterocycles. The normalized spacial score (nSPS) is 18.8. The van der Waals surface area contributed by atoms with Crippen LogP contribution in [0, 0.1) is 0 Å². The van der Waals surface area contributed by atoms with Gasteiger partial charge in [0.25, 0.3) is 11.8 Å². The molecule has 1 saturated heterocycles. The third kappa shape index (κ3) is 6.48. The number of tetrazole rings is 1. The molecular weight excluding hydrogens is 590 g/mol. The molecule has 2 aromatic rings. The molecule has 7 N–H and O–H groups in total. The van der Waals surface area contributed by atoms with Gasteiger partial charge >= 0.3 is 11.9 Å². The number of β-lactam (4-membered cyclic amide) rings is 1.